The molecule has 1 aliphatic rings. The molecule has 1 aromatic heterocycles. The first-order chi connectivity index (χ1) is 13.3. The minimum atomic E-state index is -3.85. The summed E-state index contributed by atoms with van der Waals surface area (Å²) in [6.45, 7) is 2.89. The maximum atomic E-state index is 13.0. The van der Waals surface area contributed by atoms with Crippen LogP contribution in [0.2, 0.25) is 5.02 Å². The van der Waals surface area contributed by atoms with Crippen LogP contribution < -0.4 is 16.0 Å². The molecule has 0 radical (unpaired) electrons. The molecule has 1 aromatic carbocycles. The lowest BCUT2D eigenvalue weighted by molar-refractivity contribution is 0.262. The van der Waals surface area contributed by atoms with Gasteiger partial charge in [0.05, 0.1) is 27.3 Å². The summed E-state index contributed by atoms with van der Waals surface area (Å²) in [6.07, 6.45) is 2.45. The van der Waals surface area contributed by atoms with Crippen molar-refractivity contribution in [3.63, 3.8) is 0 Å². The number of phenols is 1. The molecule has 2 amide bonds. The van der Waals surface area contributed by atoms with Crippen LogP contribution in [0.25, 0.3) is 0 Å². The fourth-order valence-corrected chi connectivity index (χ4v) is 5.47. The molecule has 28 heavy (non-hydrogen) atoms. The van der Waals surface area contributed by atoms with Gasteiger partial charge >= 0.3 is 6.03 Å². The van der Waals surface area contributed by atoms with Crippen molar-refractivity contribution in [2.75, 3.05) is 23.7 Å². The standard InChI is InChI=1S/C18H21ClN4O4S/c1-11-14(3-2-8-21-11)22-18(25)23-15-5-4-13(19)17(16(15)24)28(26,27)12-6-9-20-10-7-12/h2-5,8,12,20,24H,6-7,9-10H2,1H3,(H2,22,23,25). The van der Waals surface area contributed by atoms with Crippen molar-refractivity contribution in [1.29, 1.82) is 0 Å². The molecule has 4 N–H and O–H groups in total. The molecule has 0 aliphatic carbocycles. The molecular weight excluding hydrogens is 404 g/mol. The fourth-order valence-electron chi connectivity index (χ4n) is 3.08. The van der Waals surface area contributed by atoms with Gasteiger partial charge in [-0.25, -0.2) is 13.2 Å². The molecule has 0 saturated carbocycles. The van der Waals surface area contributed by atoms with Crippen LogP contribution in [0, 0.1) is 6.92 Å². The summed E-state index contributed by atoms with van der Waals surface area (Å²) in [5, 5.41) is 18.0. The number of piperidine rings is 1. The van der Waals surface area contributed by atoms with Crippen LogP contribution in [0.5, 0.6) is 5.75 Å². The highest BCUT2D eigenvalue weighted by Crippen LogP contribution is 2.40. The number of amides is 2. The second-order valence-electron chi connectivity index (χ2n) is 6.48. The van der Waals surface area contributed by atoms with E-state index in [0.29, 0.717) is 37.3 Å². The lowest BCUT2D eigenvalue weighted by Crippen LogP contribution is -2.36. The Labute approximate surface area is 168 Å². The van der Waals surface area contributed by atoms with E-state index in [2.05, 4.69) is 20.9 Å². The molecule has 10 heteroatoms. The van der Waals surface area contributed by atoms with E-state index in [4.69, 9.17) is 11.6 Å². The zero-order valence-electron chi connectivity index (χ0n) is 15.2. The number of pyridine rings is 1. The number of anilines is 2. The van der Waals surface area contributed by atoms with Crippen LogP contribution in [0.3, 0.4) is 0 Å². The number of rotatable bonds is 4. The normalized spacial score (nSPS) is 15.2. The van der Waals surface area contributed by atoms with Gasteiger partial charge in [0, 0.05) is 6.20 Å². The van der Waals surface area contributed by atoms with Crippen LogP contribution in [0.1, 0.15) is 18.5 Å². The number of aromatic hydroxyl groups is 1. The average Bonchev–Trinajstić information content (AvgIpc) is 2.66. The molecule has 2 heterocycles. The number of carbonyl (C=O) groups excluding carboxylic acids is 1. The molecular formula is C18H21ClN4O4S. The number of sulfone groups is 1. The van der Waals surface area contributed by atoms with Crippen molar-refractivity contribution >= 4 is 38.8 Å². The molecule has 8 nitrogen and oxygen atoms in total. The number of benzene rings is 1. The van der Waals surface area contributed by atoms with Crippen LogP contribution in [0.15, 0.2) is 35.4 Å². The summed E-state index contributed by atoms with van der Waals surface area (Å²) in [5.41, 5.74) is 1.07. The van der Waals surface area contributed by atoms with E-state index in [0.717, 1.165) is 0 Å². The summed E-state index contributed by atoms with van der Waals surface area (Å²) in [5.74, 6) is -0.566. The lowest BCUT2D eigenvalue weighted by atomic mass is 10.2. The Kier molecular flexibility index (Phi) is 6.07. The van der Waals surface area contributed by atoms with E-state index < -0.39 is 26.9 Å². The number of nitrogens with one attached hydrogen (secondary N) is 3. The number of carbonyl (C=O) groups is 1. The second-order valence-corrected chi connectivity index (χ2v) is 9.05. The minimum Gasteiger partial charge on any atom is -0.504 e. The molecule has 0 spiro atoms. The van der Waals surface area contributed by atoms with Crippen LogP contribution in [0.4, 0.5) is 16.2 Å². The highest BCUT2D eigenvalue weighted by Gasteiger charge is 2.34. The topological polar surface area (TPSA) is 120 Å². The Hall–Kier alpha value is -2.36. The number of nitrogens with zero attached hydrogens (tertiary/aromatic N) is 1. The van der Waals surface area contributed by atoms with Gasteiger partial charge < -0.3 is 21.1 Å². The first-order valence-corrected chi connectivity index (χ1v) is 10.7. The summed E-state index contributed by atoms with van der Waals surface area (Å²) >= 11 is 6.10. The molecule has 1 fully saturated rings. The largest absolute Gasteiger partial charge is 0.504 e. The van der Waals surface area contributed by atoms with Gasteiger partial charge in [-0.1, -0.05) is 11.6 Å². The van der Waals surface area contributed by atoms with Gasteiger partial charge in [-0.3, -0.25) is 4.98 Å². The molecule has 150 valence electrons. The molecule has 1 aliphatic heterocycles. The monoisotopic (exact) mass is 424 g/mol. The van der Waals surface area contributed by atoms with Gasteiger partial charge in [-0.2, -0.15) is 0 Å². The van der Waals surface area contributed by atoms with Crippen LogP contribution in [-0.4, -0.2) is 42.9 Å². The SMILES string of the molecule is Cc1ncccc1NC(=O)Nc1ccc(Cl)c(S(=O)(=O)C2CCNCC2)c1O. The van der Waals surface area contributed by atoms with Gasteiger partial charge in [-0.05, 0) is 57.1 Å². The number of aromatic nitrogens is 1. The predicted octanol–water partition coefficient (Wildman–Crippen LogP) is 2.92. The molecule has 0 unspecified atom stereocenters. The highest BCUT2D eigenvalue weighted by molar-refractivity contribution is 7.92. The van der Waals surface area contributed by atoms with Crippen LogP contribution >= 0.6 is 11.6 Å². The third-order valence-corrected chi connectivity index (χ3v) is 7.35. The average molecular weight is 425 g/mol. The van der Waals surface area contributed by atoms with E-state index in [9.17, 15) is 18.3 Å². The maximum absolute atomic E-state index is 13.0. The predicted molar refractivity (Wildman–Crippen MR) is 108 cm³/mol. The van der Waals surface area contributed by atoms with Crippen molar-refractivity contribution in [2.45, 2.75) is 29.9 Å². The molecule has 1 saturated heterocycles. The molecule has 3 rings (SSSR count). The van der Waals surface area contributed by atoms with Crippen LogP contribution in [-0.2, 0) is 9.84 Å². The first kappa shape index (κ1) is 20.4. The number of urea groups is 1. The van der Waals surface area contributed by atoms with E-state index in [-0.39, 0.29) is 15.6 Å². The van der Waals surface area contributed by atoms with E-state index >= 15 is 0 Å². The molecule has 0 atom stereocenters. The number of hydrogen-bond donors (Lipinski definition) is 4. The third-order valence-electron chi connectivity index (χ3n) is 4.60. The Bertz CT molecular complexity index is 991. The van der Waals surface area contributed by atoms with Gasteiger partial charge in [-0.15, -0.1) is 0 Å². The minimum absolute atomic E-state index is 0.0454. The van der Waals surface area contributed by atoms with Gasteiger partial charge in [0.15, 0.2) is 15.6 Å². The van der Waals surface area contributed by atoms with E-state index in [1.165, 1.54) is 12.1 Å². The maximum Gasteiger partial charge on any atom is 0.323 e. The Balaban J connectivity index is 1.86. The van der Waals surface area contributed by atoms with Gasteiger partial charge in [0.25, 0.3) is 0 Å². The Morgan fingerprint density at radius 3 is 2.57 bits per heavy atom. The van der Waals surface area contributed by atoms with Crippen molar-refractivity contribution < 1.29 is 18.3 Å². The number of aryl methyl sites for hydroxylation is 1. The Morgan fingerprint density at radius 1 is 1.21 bits per heavy atom. The highest BCUT2D eigenvalue weighted by atomic mass is 35.5. The van der Waals surface area contributed by atoms with Crippen molar-refractivity contribution in [2.24, 2.45) is 0 Å². The summed E-state index contributed by atoms with van der Waals surface area (Å²) in [4.78, 5) is 16.0. The zero-order chi connectivity index (χ0) is 20.3. The van der Waals surface area contributed by atoms with Crippen molar-refractivity contribution in [3.8, 4) is 5.75 Å². The number of halogens is 1. The number of hydrogen-bond acceptors (Lipinski definition) is 6. The summed E-state index contributed by atoms with van der Waals surface area (Å²) in [6, 6.07) is 5.41. The third kappa shape index (κ3) is 4.21. The lowest BCUT2D eigenvalue weighted by Gasteiger charge is -2.24. The second kappa shape index (κ2) is 8.34. The smallest absolute Gasteiger partial charge is 0.323 e. The van der Waals surface area contributed by atoms with Gasteiger partial charge in [0.1, 0.15) is 4.90 Å². The quantitative estimate of drug-likeness (QED) is 0.560. The van der Waals surface area contributed by atoms with E-state index in [1.54, 1.807) is 25.3 Å². The van der Waals surface area contributed by atoms with Crippen molar-refractivity contribution in [3.05, 3.63) is 41.2 Å². The summed E-state index contributed by atoms with van der Waals surface area (Å²) in [7, 11) is -3.85. The van der Waals surface area contributed by atoms with E-state index in [1.807, 2.05) is 0 Å². The molecule has 2 aromatic rings. The Morgan fingerprint density at radius 2 is 1.89 bits per heavy atom. The first-order valence-electron chi connectivity index (χ1n) is 8.76. The number of phenolic OH excluding ortho intramolecular Hbond substituents is 1. The summed E-state index contributed by atoms with van der Waals surface area (Å²) < 4.78 is 26.0. The zero-order valence-corrected chi connectivity index (χ0v) is 16.8. The molecule has 0 bridgehead atoms. The fraction of sp³-hybridized carbons (Fsp3) is 0.333. The van der Waals surface area contributed by atoms with Gasteiger partial charge in [0.2, 0.25) is 0 Å². The van der Waals surface area contributed by atoms with Crippen molar-refractivity contribution in [1.82, 2.24) is 10.3 Å².